The maximum Gasteiger partial charge on any atom is 0.416 e. The Kier molecular flexibility index (Phi) is 7.92. The molecule has 2 aromatic carbocycles. The fourth-order valence-corrected chi connectivity index (χ4v) is 3.42. The number of para-hydroxylation sites is 1. The highest BCUT2D eigenvalue weighted by molar-refractivity contribution is 6.39. The van der Waals surface area contributed by atoms with Crippen molar-refractivity contribution in [3.63, 3.8) is 0 Å². The molecule has 1 fully saturated rings. The Labute approximate surface area is 188 Å². The van der Waals surface area contributed by atoms with Gasteiger partial charge in [-0.3, -0.25) is 14.4 Å². The molecule has 0 spiro atoms. The SMILES string of the molecule is O=C(NCC1CCN(C(=O)COc2ccccc2)CC1)C(=O)Nc1cccc(C(F)(F)F)c1. The molecule has 2 aromatic rings. The zero-order chi connectivity index (χ0) is 23.8. The van der Waals surface area contributed by atoms with E-state index in [1.54, 1.807) is 17.0 Å². The van der Waals surface area contributed by atoms with Gasteiger partial charge in [-0.2, -0.15) is 13.2 Å². The lowest BCUT2D eigenvalue weighted by molar-refractivity contribution is -0.138. The van der Waals surface area contributed by atoms with Gasteiger partial charge in [0.05, 0.1) is 5.56 Å². The molecule has 1 aliphatic heterocycles. The lowest BCUT2D eigenvalue weighted by atomic mass is 9.96. The van der Waals surface area contributed by atoms with Gasteiger partial charge in [-0.05, 0) is 49.1 Å². The number of piperidine rings is 1. The summed E-state index contributed by atoms with van der Waals surface area (Å²) in [6.45, 7) is 1.19. The van der Waals surface area contributed by atoms with Crippen molar-refractivity contribution in [3.05, 3.63) is 60.2 Å². The molecule has 0 aromatic heterocycles. The second-order valence-electron chi connectivity index (χ2n) is 7.67. The van der Waals surface area contributed by atoms with Crippen LogP contribution in [-0.2, 0) is 20.6 Å². The number of halogens is 3. The van der Waals surface area contributed by atoms with Crippen molar-refractivity contribution in [2.75, 3.05) is 31.6 Å². The van der Waals surface area contributed by atoms with E-state index in [0.717, 1.165) is 18.2 Å². The van der Waals surface area contributed by atoms with Gasteiger partial charge in [0, 0.05) is 25.3 Å². The predicted octanol–water partition coefficient (Wildman–Crippen LogP) is 3.08. The number of nitrogens with one attached hydrogen (secondary N) is 2. The van der Waals surface area contributed by atoms with Gasteiger partial charge >= 0.3 is 18.0 Å². The topological polar surface area (TPSA) is 87.7 Å². The molecule has 3 amide bonds. The summed E-state index contributed by atoms with van der Waals surface area (Å²) >= 11 is 0. The zero-order valence-electron chi connectivity index (χ0n) is 17.7. The molecule has 0 bridgehead atoms. The minimum absolute atomic E-state index is 0.0544. The van der Waals surface area contributed by atoms with Crippen LogP contribution in [0.5, 0.6) is 5.75 Å². The molecular weight excluding hydrogens is 439 g/mol. The van der Waals surface area contributed by atoms with E-state index < -0.39 is 23.6 Å². The van der Waals surface area contributed by atoms with Crippen LogP contribution >= 0.6 is 0 Å². The average Bonchev–Trinajstić information content (AvgIpc) is 2.81. The summed E-state index contributed by atoms with van der Waals surface area (Å²) in [6, 6.07) is 13.1. The fourth-order valence-electron chi connectivity index (χ4n) is 3.42. The minimum atomic E-state index is -4.55. The molecule has 0 radical (unpaired) electrons. The van der Waals surface area contributed by atoms with E-state index in [0.29, 0.717) is 31.7 Å². The van der Waals surface area contributed by atoms with Crippen molar-refractivity contribution < 1.29 is 32.3 Å². The molecule has 7 nitrogen and oxygen atoms in total. The Bertz CT molecular complexity index is 974. The van der Waals surface area contributed by atoms with E-state index >= 15 is 0 Å². The number of alkyl halides is 3. The van der Waals surface area contributed by atoms with Crippen molar-refractivity contribution in [2.24, 2.45) is 5.92 Å². The second kappa shape index (κ2) is 10.8. The van der Waals surface area contributed by atoms with Crippen LogP contribution in [0.2, 0.25) is 0 Å². The molecule has 33 heavy (non-hydrogen) atoms. The number of rotatable bonds is 6. The molecule has 0 unspecified atom stereocenters. The number of carbonyl (C=O) groups excluding carboxylic acids is 3. The normalized spacial score (nSPS) is 14.5. The molecule has 1 saturated heterocycles. The standard InChI is InChI=1S/C23H24F3N3O4/c24-23(25,26)17-5-4-6-18(13-17)28-22(32)21(31)27-14-16-9-11-29(12-10-16)20(30)15-33-19-7-2-1-3-8-19/h1-8,13,16H,9-12,14-15H2,(H,27,31)(H,28,32). The second-order valence-corrected chi connectivity index (χ2v) is 7.67. The first kappa shape index (κ1) is 24.1. The molecule has 0 atom stereocenters. The van der Waals surface area contributed by atoms with Crippen LogP contribution < -0.4 is 15.4 Å². The van der Waals surface area contributed by atoms with Gasteiger partial charge in [-0.15, -0.1) is 0 Å². The first-order valence-corrected chi connectivity index (χ1v) is 10.4. The highest BCUT2D eigenvalue weighted by Crippen LogP contribution is 2.30. The maximum atomic E-state index is 12.8. The van der Waals surface area contributed by atoms with Crippen LogP contribution in [0.3, 0.4) is 0 Å². The van der Waals surface area contributed by atoms with E-state index in [-0.39, 0.29) is 30.7 Å². The first-order chi connectivity index (χ1) is 15.7. The fraction of sp³-hybridized carbons (Fsp3) is 0.348. The van der Waals surface area contributed by atoms with Crippen molar-refractivity contribution >= 4 is 23.4 Å². The number of nitrogens with zero attached hydrogens (tertiary/aromatic N) is 1. The van der Waals surface area contributed by atoms with E-state index in [2.05, 4.69) is 10.6 Å². The van der Waals surface area contributed by atoms with Gasteiger partial charge in [-0.25, -0.2) is 0 Å². The van der Waals surface area contributed by atoms with Crippen LogP contribution in [0.25, 0.3) is 0 Å². The third-order valence-electron chi connectivity index (χ3n) is 5.28. The molecule has 1 heterocycles. The Morgan fingerprint density at radius 3 is 2.33 bits per heavy atom. The number of ether oxygens (including phenoxy) is 1. The smallest absolute Gasteiger partial charge is 0.416 e. The van der Waals surface area contributed by atoms with Crippen molar-refractivity contribution in [2.45, 2.75) is 19.0 Å². The van der Waals surface area contributed by atoms with Crippen LogP contribution in [0, 0.1) is 5.92 Å². The number of benzene rings is 2. The van der Waals surface area contributed by atoms with E-state index in [1.807, 2.05) is 18.2 Å². The van der Waals surface area contributed by atoms with Gasteiger partial charge in [-0.1, -0.05) is 24.3 Å². The minimum Gasteiger partial charge on any atom is -0.484 e. The van der Waals surface area contributed by atoms with E-state index in [9.17, 15) is 27.6 Å². The predicted molar refractivity (Wildman–Crippen MR) is 114 cm³/mol. The zero-order valence-corrected chi connectivity index (χ0v) is 17.7. The van der Waals surface area contributed by atoms with Gasteiger partial charge in [0.15, 0.2) is 6.61 Å². The largest absolute Gasteiger partial charge is 0.484 e. The van der Waals surface area contributed by atoms with Crippen LogP contribution in [0.15, 0.2) is 54.6 Å². The number of hydrogen-bond donors (Lipinski definition) is 2. The Hall–Kier alpha value is -3.56. The van der Waals surface area contributed by atoms with Crippen molar-refractivity contribution in [1.29, 1.82) is 0 Å². The van der Waals surface area contributed by atoms with E-state index in [4.69, 9.17) is 4.74 Å². The Morgan fingerprint density at radius 2 is 1.67 bits per heavy atom. The molecule has 176 valence electrons. The summed E-state index contributed by atoms with van der Waals surface area (Å²) in [6.07, 6.45) is -3.26. The number of likely N-dealkylation sites (tertiary alicyclic amines) is 1. The first-order valence-electron chi connectivity index (χ1n) is 10.4. The van der Waals surface area contributed by atoms with Gasteiger partial charge < -0.3 is 20.3 Å². The quantitative estimate of drug-likeness (QED) is 0.645. The van der Waals surface area contributed by atoms with E-state index in [1.165, 1.54) is 6.07 Å². The Balaban J connectivity index is 1.38. The summed E-state index contributed by atoms with van der Waals surface area (Å²) < 4.78 is 43.8. The van der Waals surface area contributed by atoms with Crippen LogP contribution in [0.1, 0.15) is 18.4 Å². The summed E-state index contributed by atoms with van der Waals surface area (Å²) in [5, 5.41) is 4.68. The molecule has 10 heteroatoms. The molecule has 1 aliphatic rings. The lowest BCUT2D eigenvalue weighted by Gasteiger charge is -2.32. The Morgan fingerprint density at radius 1 is 0.970 bits per heavy atom. The third kappa shape index (κ3) is 7.23. The summed E-state index contributed by atoms with van der Waals surface area (Å²) in [4.78, 5) is 38.0. The molecular formula is C23H24F3N3O4. The van der Waals surface area contributed by atoms with Crippen molar-refractivity contribution in [3.8, 4) is 5.75 Å². The number of amides is 3. The molecule has 0 aliphatic carbocycles. The summed E-state index contributed by atoms with van der Waals surface area (Å²) in [5.41, 5.74) is -1.04. The number of carbonyl (C=O) groups is 3. The number of anilines is 1. The van der Waals surface area contributed by atoms with Gasteiger partial charge in [0.1, 0.15) is 5.75 Å². The summed E-state index contributed by atoms with van der Waals surface area (Å²) in [7, 11) is 0. The van der Waals surface area contributed by atoms with Gasteiger partial charge in [0.25, 0.3) is 5.91 Å². The third-order valence-corrected chi connectivity index (χ3v) is 5.28. The summed E-state index contributed by atoms with van der Waals surface area (Å²) in [5.74, 6) is -1.40. The van der Waals surface area contributed by atoms with Crippen LogP contribution in [-0.4, -0.2) is 48.9 Å². The lowest BCUT2D eigenvalue weighted by Crippen LogP contribution is -2.44. The molecule has 2 N–H and O–H groups in total. The number of hydrogen-bond acceptors (Lipinski definition) is 4. The van der Waals surface area contributed by atoms with Crippen LogP contribution in [0.4, 0.5) is 18.9 Å². The average molecular weight is 463 g/mol. The maximum absolute atomic E-state index is 12.8. The highest BCUT2D eigenvalue weighted by Gasteiger charge is 2.30. The molecule has 0 saturated carbocycles. The van der Waals surface area contributed by atoms with Gasteiger partial charge in [0.2, 0.25) is 0 Å². The highest BCUT2D eigenvalue weighted by atomic mass is 19.4. The van der Waals surface area contributed by atoms with Crippen molar-refractivity contribution in [1.82, 2.24) is 10.2 Å². The monoisotopic (exact) mass is 463 g/mol. The molecule has 3 rings (SSSR count).